The van der Waals surface area contributed by atoms with Crippen molar-refractivity contribution in [1.29, 1.82) is 0 Å². The molecule has 27 heavy (non-hydrogen) atoms. The van der Waals surface area contributed by atoms with Crippen LogP contribution in [0.1, 0.15) is 24.0 Å². The number of aromatic nitrogens is 2. The summed E-state index contributed by atoms with van der Waals surface area (Å²) < 4.78 is 43.2. The molecule has 3 aromatic rings. The molecule has 2 aromatic carbocycles. The molecule has 0 unspecified atom stereocenters. The lowest BCUT2D eigenvalue weighted by molar-refractivity contribution is -0.137. The van der Waals surface area contributed by atoms with Crippen LogP contribution in [0.4, 0.5) is 19.0 Å². The van der Waals surface area contributed by atoms with E-state index >= 15 is 0 Å². The number of hydrogen-bond donors (Lipinski definition) is 1. The van der Waals surface area contributed by atoms with Crippen LogP contribution >= 0.6 is 22.6 Å². The zero-order chi connectivity index (χ0) is 19.0. The molecule has 0 spiro atoms. The van der Waals surface area contributed by atoms with Crippen molar-refractivity contribution in [2.75, 3.05) is 11.9 Å². The maximum absolute atomic E-state index is 13.6. The van der Waals surface area contributed by atoms with Crippen molar-refractivity contribution in [2.24, 2.45) is 0 Å². The average Bonchev–Trinajstić information content (AvgIpc) is 2.83. The molecule has 0 bridgehead atoms. The molecule has 3 nitrogen and oxygen atoms in total. The van der Waals surface area contributed by atoms with Gasteiger partial charge in [-0.15, -0.1) is 0 Å². The molecule has 0 fully saturated rings. The molecular weight excluding hydrogens is 466 g/mol. The number of nitrogens with zero attached hydrogens (tertiary/aromatic N) is 2. The standard InChI is InChI=1S/C20H17F3IN3/c21-20(22,23)15-9-2-4-11-17(15)27-19-14(8-5-6-12-25-19)18(26-27)13-7-1-3-10-16(13)24/h1-4,7,9-11,25H,5-6,8,12H2. The first kappa shape index (κ1) is 18.3. The van der Waals surface area contributed by atoms with Gasteiger partial charge in [0, 0.05) is 21.2 Å². The van der Waals surface area contributed by atoms with E-state index in [2.05, 4.69) is 33.0 Å². The predicted molar refractivity (Wildman–Crippen MR) is 108 cm³/mol. The summed E-state index contributed by atoms with van der Waals surface area (Å²) in [5.74, 6) is 0.666. The van der Waals surface area contributed by atoms with E-state index in [-0.39, 0.29) is 5.69 Å². The minimum atomic E-state index is -4.44. The Kier molecular flexibility index (Phi) is 4.88. The average molecular weight is 483 g/mol. The highest BCUT2D eigenvalue weighted by Gasteiger charge is 2.35. The number of nitrogens with one attached hydrogen (secondary N) is 1. The van der Waals surface area contributed by atoms with E-state index < -0.39 is 11.7 Å². The molecule has 0 saturated carbocycles. The number of hydrogen-bond acceptors (Lipinski definition) is 2. The minimum Gasteiger partial charge on any atom is -0.370 e. The van der Waals surface area contributed by atoms with Crippen LogP contribution in [0.5, 0.6) is 0 Å². The lowest BCUT2D eigenvalue weighted by Crippen LogP contribution is -2.14. The molecule has 1 aliphatic heterocycles. The maximum atomic E-state index is 13.6. The molecule has 0 saturated heterocycles. The van der Waals surface area contributed by atoms with Gasteiger partial charge in [0.25, 0.3) is 0 Å². The molecular formula is C20H17F3IN3. The number of anilines is 1. The monoisotopic (exact) mass is 483 g/mol. The SMILES string of the molecule is FC(F)(F)c1ccccc1-n1nc(-c2ccccc2I)c2c1NCCCC2. The first-order valence-corrected chi connectivity index (χ1v) is 9.82. The second kappa shape index (κ2) is 7.18. The van der Waals surface area contributed by atoms with Crippen LogP contribution in [0.2, 0.25) is 0 Å². The Balaban J connectivity index is 1.98. The highest BCUT2D eigenvalue weighted by atomic mass is 127. The van der Waals surface area contributed by atoms with Crippen LogP contribution in [-0.2, 0) is 12.6 Å². The Morgan fingerprint density at radius 3 is 2.52 bits per heavy atom. The summed E-state index contributed by atoms with van der Waals surface area (Å²) in [4.78, 5) is 0. The van der Waals surface area contributed by atoms with Gasteiger partial charge in [-0.2, -0.15) is 18.3 Å². The molecule has 4 rings (SSSR count). The zero-order valence-corrected chi connectivity index (χ0v) is 16.5. The van der Waals surface area contributed by atoms with E-state index in [1.54, 1.807) is 6.07 Å². The normalized spacial score (nSPS) is 14.4. The third-order valence-corrected chi connectivity index (χ3v) is 5.64. The minimum absolute atomic E-state index is 0.0489. The van der Waals surface area contributed by atoms with Crippen molar-refractivity contribution < 1.29 is 13.2 Å². The summed E-state index contributed by atoms with van der Waals surface area (Å²) >= 11 is 2.24. The molecule has 1 aliphatic rings. The Labute approximate surface area is 168 Å². The quantitative estimate of drug-likeness (QED) is 0.460. The van der Waals surface area contributed by atoms with E-state index in [0.717, 1.165) is 52.3 Å². The second-order valence-corrected chi connectivity index (χ2v) is 7.63. The molecule has 0 atom stereocenters. The van der Waals surface area contributed by atoms with Crippen molar-refractivity contribution in [3.8, 4) is 16.9 Å². The highest BCUT2D eigenvalue weighted by Crippen LogP contribution is 2.39. The zero-order valence-electron chi connectivity index (χ0n) is 14.4. The number of alkyl halides is 3. The summed E-state index contributed by atoms with van der Waals surface area (Å²) in [7, 11) is 0. The van der Waals surface area contributed by atoms with E-state index in [4.69, 9.17) is 0 Å². The highest BCUT2D eigenvalue weighted by molar-refractivity contribution is 14.1. The number of fused-ring (bicyclic) bond motifs is 1. The summed E-state index contributed by atoms with van der Waals surface area (Å²) in [5, 5.41) is 7.97. The third kappa shape index (κ3) is 3.44. The molecule has 140 valence electrons. The Hall–Kier alpha value is -2.03. The van der Waals surface area contributed by atoms with Crippen molar-refractivity contribution >= 4 is 28.4 Å². The molecule has 0 radical (unpaired) electrons. The van der Waals surface area contributed by atoms with Crippen LogP contribution in [0.3, 0.4) is 0 Å². The van der Waals surface area contributed by atoms with Crippen molar-refractivity contribution in [1.82, 2.24) is 9.78 Å². The van der Waals surface area contributed by atoms with Crippen LogP contribution in [0.25, 0.3) is 16.9 Å². The van der Waals surface area contributed by atoms with E-state index in [1.165, 1.54) is 16.8 Å². The molecule has 1 N–H and O–H groups in total. The molecule has 1 aromatic heterocycles. The van der Waals surface area contributed by atoms with Gasteiger partial charge >= 0.3 is 6.18 Å². The van der Waals surface area contributed by atoms with Gasteiger partial charge in [0.05, 0.1) is 16.9 Å². The van der Waals surface area contributed by atoms with Crippen molar-refractivity contribution in [2.45, 2.75) is 25.4 Å². The summed E-state index contributed by atoms with van der Waals surface area (Å²) in [6.07, 6.45) is -1.71. The second-order valence-electron chi connectivity index (χ2n) is 6.47. The van der Waals surface area contributed by atoms with Crippen molar-refractivity contribution in [3.05, 3.63) is 63.2 Å². The Morgan fingerprint density at radius 2 is 1.74 bits per heavy atom. The summed E-state index contributed by atoms with van der Waals surface area (Å²) in [6, 6.07) is 13.4. The van der Waals surface area contributed by atoms with E-state index in [1.807, 2.05) is 24.3 Å². The van der Waals surface area contributed by atoms with Crippen LogP contribution < -0.4 is 5.32 Å². The number of halogens is 4. The lowest BCUT2D eigenvalue weighted by atomic mass is 10.0. The predicted octanol–water partition coefficient (Wildman–Crippen LogP) is 5.91. The Bertz CT molecular complexity index is 979. The van der Waals surface area contributed by atoms with Crippen molar-refractivity contribution in [3.63, 3.8) is 0 Å². The lowest BCUT2D eigenvalue weighted by Gasteiger charge is -2.15. The van der Waals surface area contributed by atoms with Gasteiger partial charge in [0.2, 0.25) is 0 Å². The van der Waals surface area contributed by atoms with Gasteiger partial charge in [-0.25, -0.2) is 4.68 Å². The molecule has 7 heteroatoms. The first-order chi connectivity index (χ1) is 13.0. The van der Waals surface area contributed by atoms with Gasteiger partial charge in [0.1, 0.15) is 5.82 Å². The number of rotatable bonds is 2. The fourth-order valence-electron chi connectivity index (χ4n) is 3.44. The van der Waals surface area contributed by atoms with Crippen LogP contribution in [0, 0.1) is 3.57 Å². The van der Waals surface area contributed by atoms with E-state index in [9.17, 15) is 13.2 Å². The molecule has 2 heterocycles. The number of para-hydroxylation sites is 1. The first-order valence-electron chi connectivity index (χ1n) is 8.74. The smallest absolute Gasteiger partial charge is 0.370 e. The fraction of sp³-hybridized carbons (Fsp3) is 0.250. The van der Waals surface area contributed by atoms with Crippen LogP contribution in [-0.4, -0.2) is 16.3 Å². The topological polar surface area (TPSA) is 29.9 Å². The van der Waals surface area contributed by atoms with Gasteiger partial charge in [-0.05, 0) is 60.1 Å². The maximum Gasteiger partial charge on any atom is 0.418 e. The third-order valence-electron chi connectivity index (χ3n) is 4.70. The van der Waals surface area contributed by atoms with Gasteiger partial charge in [0.15, 0.2) is 0 Å². The van der Waals surface area contributed by atoms with Gasteiger partial charge in [-0.1, -0.05) is 30.3 Å². The van der Waals surface area contributed by atoms with E-state index in [0.29, 0.717) is 5.82 Å². The summed E-state index contributed by atoms with van der Waals surface area (Å²) in [6.45, 7) is 0.720. The molecule has 0 aliphatic carbocycles. The van der Waals surface area contributed by atoms with Crippen LogP contribution in [0.15, 0.2) is 48.5 Å². The van der Waals surface area contributed by atoms with Gasteiger partial charge in [-0.3, -0.25) is 0 Å². The van der Waals surface area contributed by atoms with Gasteiger partial charge < -0.3 is 5.32 Å². The fourth-order valence-corrected chi connectivity index (χ4v) is 4.09. The number of benzene rings is 2. The molecule has 0 amide bonds. The largest absolute Gasteiger partial charge is 0.418 e. The summed E-state index contributed by atoms with van der Waals surface area (Å²) in [5.41, 5.74) is 2.04. The Morgan fingerprint density at radius 1 is 1.00 bits per heavy atom.